The van der Waals surface area contributed by atoms with Crippen LogP contribution in [0, 0.1) is 0 Å². The van der Waals surface area contributed by atoms with Gasteiger partial charge >= 0.3 is 0 Å². The van der Waals surface area contributed by atoms with Gasteiger partial charge in [0.1, 0.15) is 0 Å². The Kier molecular flexibility index (Phi) is 4.63. The summed E-state index contributed by atoms with van der Waals surface area (Å²) in [6, 6.07) is 18.2. The van der Waals surface area contributed by atoms with E-state index >= 15 is 0 Å². The van der Waals surface area contributed by atoms with Crippen molar-refractivity contribution in [3.8, 4) is 0 Å². The highest BCUT2D eigenvalue weighted by atomic mass is 32.2. The summed E-state index contributed by atoms with van der Waals surface area (Å²) in [6.45, 7) is 1.95. The Labute approximate surface area is 174 Å². The first-order valence-electron chi connectivity index (χ1n) is 10.2. The van der Waals surface area contributed by atoms with Gasteiger partial charge in [-0.1, -0.05) is 54.2 Å². The zero-order valence-corrected chi connectivity index (χ0v) is 17.0. The molecule has 0 bridgehead atoms. The van der Waals surface area contributed by atoms with Crippen LogP contribution >= 0.6 is 11.8 Å². The molecule has 1 N–H and O–H groups in total. The Morgan fingerprint density at radius 1 is 1.03 bits per heavy atom. The van der Waals surface area contributed by atoms with E-state index in [0.29, 0.717) is 32.6 Å². The second-order valence-corrected chi connectivity index (χ2v) is 9.34. The number of thioether (sulfide) groups is 1. The molecule has 29 heavy (non-hydrogen) atoms. The standard InChI is InChI=1S/C23H24N2O3S/c26-20-10-11-23(25(20)18-8-4-5-9-19(18)29-23)21(27)24-16-22(12-14-28-15-13-22)17-6-2-1-3-7-17/h1-9H,10-16H2,(H,24,27). The molecule has 3 aliphatic heterocycles. The van der Waals surface area contributed by atoms with Crippen LogP contribution in [0.25, 0.3) is 0 Å². The van der Waals surface area contributed by atoms with Crippen molar-refractivity contribution >= 4 is 29.3 Å². The Hall–Kier alpha value is -2.31. The molecule has 0 aromatic heterocycles. The summed E-state index contributed by atoms with van der Waals surface area (Å²) in [7, 11) is 0. The number of ether oxygens (including phenoxy) is 1. The molecule has 0 spiro atoms. The molecule has 6 heteroatoms. The summed E-state index contributed by atoms with van der Waals surface area (Å²) in [6.07, 6.45) is 2.70. The third kappa shape index (κ3) is 2.97. The third-order valence-electron chi connectivity index (χ3n) is 6.45. The van der Waals surface area contributed by atoms with E-state index in [4.69, 9.17) is 4.74 Å². The lowest BCUT2D eigenvalue weighted by Gasteiger charge is -2.39. The number of amides is 2. The number of fused-ring (bicyclic) bond motifs is 3. The highest BCUT2D eigenvalue weighted by molar-refractivity contribution is 8.02. The minimum absolute atomic E-state index is 0.0291. The average Bonchev–Trinajstić information content (AvgIpc) is 3.29. The van der Waals surface area contributed by atoms with Crippen molar-refractivity contribution in [3.05, 3.63) is 60.2 Å². The first-order valence-corrected chi connectivity index (χ1v) is 11.0. The molecule has 5 rings (SSSR count). The zero-order valence-electron chi connectivity index (χ0n) is 16.2. The molecule has 0 saturated carbocycles. The van der Waals surface area contributed by atoms with E-state index in [2.05, 4.69) is 17.4 Å². The SMILES string of the molecule is O=C1CCC2(C(=O)NCC3(c4ccccc4)CCOCC3)Sc3ccccc3N12. The van der Waals surface area contributed by atoms with Crippen molar-refractivity contribution < 1.29 is 14.3 Å². The van der Waals surface area contributed by atoms with Crippen LogP contribution in [0.1, 0.15) is 31.2 Å². The van der Waals surface area contributed by atoms with Crippen molar-refractivity contribution in [2.45, 2.75) is 40.9 Å². The normalized spacial score (nSPS) is 24.8. The summed E-state index contributed by atoms with van der Waals surface area (Å²) >= 11 is 1.52. The number of hydrogen-bond donors (Lipinski definition) is 1. The third-order valence-corrected chi connectivity index (χ3v) is 7.93. The fourth-order valence-corrected chi connectivity index (χ4v) is 6.24. The maximum Gasteiger partial charge on any atom is 0.257 e. The van der Waals surface area contributed by atoms with Crippen LogP contribution < -0.4 is 10.2 Å². The number of rotatable bonds is 4. The summed E-state index contributed by atoms with van der Waals surface area (Å²) < 4.78 is 5.61. The topological polar surface area (TPSA) is 58.6 Å². The van der Waals surface area contributed by atoms with Gasteiger partial charge in [-0.25, -0.2) is 0 Å². The summed E-state index contributed by atoms with van der Waals surface area (Å²) in [5, 5.41) is 3.24. The highest BCUT2D eigenvalue weighted by Gasteiger charge is 2.57. The van der Waals surface area contributed by atoms with E-state index < -0.39 is 4.87 Å². The molecule has 0 radical (unpaired) electrons. The van der Waals surface area contributed by atoms with E-state index in [1.807, 2.05) is 42.5 Å². The maximum absolute atomic E-state index is 13.5. The molecule has 150 valence electrons. The number of benzene rings is 2. The Morgan fingerprint density at radius 2 is 1.76 bits per heavy atom. The van der Waals surface area contributed by atoms with Crippen molar-refractivity contribution in [2.24, 2.45) is 0 Å². The van der Waals surface area contributed by atoms with Gasteiger partial charge in [0.25, 0.3) is 5.91 Å². The Balaban J connectivity index is 1.41. The van der Waals surface area contributed by atoms with Crippen molar-refractivity contribution in [3.63, 3.8) is 0 Å². The van der Waals surface area contributed by atoms with Gasteiger partial charge < -0.3 is 10.1 Å². The van der Waals surface area contributed by atoms with Gasteiger partial charge in [0.15, 0.2) is 4.87 Å². The molecular weight excluding hydrogens is 384 g/mol. The number of para-hydroxylation sites is 1. The van der Waals surface area contributed by atoms with Gasteiger partial charge in [-0.2, -0.15) is 0 Å². The summed E-state index contributed by atoms with van der Waals surface area (Å²) in [5.41, 5.74) is 1.97. The van der Waals surface area contributed by atoms with Crippen LogP contribution in [0.4, 0.5) is 5.69 Å². The van der Waals surface area contributed by atoms with Crippen LogP contribution in [-0.2, 0) is 19.7 Å². The Bertz CT molecular complexity index is 942. The fourth-order valence-electron chi connectivity index (χ4n) is 4.81. The van der Waals surface area contributed by atoms with E-state index in [-0.39, 0.29) is 17.2 Å². The smallest absolute Gasteiger partial charge is 0.257 e. The maximum atomic E-state index is 13.5. The second-order valence-electron chi connectivity index (χ2n) is 8.02. The molecule has 5 nitrogen and oxygen atoms in total. The van der Waals surface area contributed by atoms with Crippen LogP contribution in [0.5, 0.6) is 0 Å². The van der Waals surface area contributed by atoms with E-state index in [1.54, 1.807) is 4.90 Å². The molecule has 2 amide bonds. The quantitative estimate of drug-likeness (QED) is 0.842. The van der Waals surface area contributed by atoms with Gasteiger partial charge in [-0.3, -0.25) is 14.5 Å². The van der Waals surface area contributed by atoms with Crippen molar-refractivity contribution in [1.82, 2.24) is 5.32 Å². The molecule has 3 heterocycles. The molecule has 2 saturated heterocycles. The van der Waals surface area contributed by atoms with E-state index in [9.17, 15) is 9.59 Å². The Morgan fingerprint density at radius 3 is 2.55 bits per heavy atom. The lowest BCUT2D eigenvalue weighted by atomic mass is 9.74. The van der Waals surface area contributed by atoms with Crippen LogP contribution in [0.3, 0.4) is 0 Å². The first-order chi connectivity index (χ1) is 14.1. The van der Waals surface area contributed by atoms with Crippen LogP contribution in [0.2, 0.25) is 0 Å². The minimum atomic E-state index is -0.857. The molecule has 1 atom stereocenters. The van der Waals surface area contributed by atoms with Gasteiger partial charge in [-0.05, 0) is 37.0 Å². The predicted molar refractivity (Wildman–Crippen MR) is 113 cm³/mol. The lowest BCUT2D eigenvalue weighted by molar-refractivity contribution is -0.125. The summed E-state index contributed by atoms with van der Waals surface area (Å²) in [5.74, 6) is -0.0345. The van der Waals surface area contributed by atoms with E-state index in [1.165, 1.54) is 17.3 Å². The number of hydrogen-bond acceptors (Lipinski definition) is 4. The first kappa shape index (κ1) is 18.7. The number of carbonyl (C=O) groups is 2. The average molecular weight is 409 g/mol. The van der Waals surface area contributed by atoms with Gasteiger partial charge in [-0.15, -0.1) is 0 Å². The van der Waals surface area contributed by atoms with Crippen molar-refractivity contribution in [1.29, 1.82) is 0 Å². The molecular formula is C23H24N2O3S. The van der Waals surface area contributed by atoms with Gasteiger partial charge in [0, 0.05) is 36.5 Å². The lowest BCUT2D eigenvalue weighted by Crippen LogP contribution is -2.55. The van der Waals surface area contributed by atoms with E-state index in [0.717, 1.165) is 23.4 Å². The second kappa shape index (κ2) is 7.18. The zero-order chi connectivity index (χ0) is 19.9. The number of carbonyl (C=O) groups excluding carboxylic acids is 2. The fraction of sp³-hybridized carbons (Fsp3) is 0.391. The molecule has 3 aliphatic rings. The molecule has 2 aromatic rings. The monoisotopic (exact) mass is 408 g/mol. The summed E-state index contributed by atoms with van der Waals surface area (Å²) in [4.78, 5) is 28.0. The minimum Gasteiger partial charge on any atom is -0.381 e. The van der Waals surface area contributed by atoms with Crippen LogP contribution in [-0.4, -0.2) is 36.4 Å². The molecule has 1 unspecified atom stereocenters. The predicted octanol–water partition coefficient (Wildman–Crippen LogP) is 3.48. The molecule has 2 fully saturated rings. The largest absolute Gasteiger partial charge is 0.381 e. The molecule has 2 aromatic carbocycles. The highest BCUT2D eigenvalue weighted by Crippen LogP contribution is 2.55. The molecule has 0 aliphatic carbocycles. The number of nitrogens with zero attached hydrogens (tertiary/aromatic N) is 1. The van der Waals surface area contributed by atoms with Crippen LogP contribution in [0.15, 0.2) is 59.5 Å². The van der Waals surface area contributed by atoms with Gasteiger partial charge in [0.2, 0.25) is 5.91 Å². The van der Waals surface area contributed by atoms with Gasteiger partial charge in [0.05, 0.1) is 5.69 Å². The number of anilines is 1. The van der Waals surface area contributed by atoms with Crippen molar-refractivity contribution in [2.75, 3.05) is 24.7 Å². The number of nitrogens with one attached hydrogen (secondary N) is 1.